The summed E-state index contributed by atoms with van der Waals surface area (Å²) in [5, 5.41) is 3.06. The number of ether oxygens (including phenoxy) is 1. The lowest BCUT2D eigenvalue weighted by Gasteiger charge is -2.33. The first-order chi connectivity index (χ1) is 8.66. The molecule has 0 aromatic carbocycles. The molecule has 0 unspecified atom stereocenters. The lowest BCUT2D eigenvalue weighted by molar-refractivity contribution is -0.122. The van der Waals surface area contributed by atoms with Crippen molar-refractivity contribution in [2.45, 2.75) is 51.9 Å². The normalized spacial score (nSPS) is 18.6. The number of nitrogens with one attached hydrogen (secondary N) is 1. The van der Waals surface area contributed by atoms with Crippen LogP contribution in [0.1, 0.15) is 51.9 Å². The third kappa shape index (κ3) is 6.36. The van der Waals surface area contributed by atoms with Gasteiger partial charge in [-0.25, -0.2) is 0 Å². The zero-order valence-electron chi connectivity index (χ0n) is 11.7. The maximum atomic E-state index is 11.7. The van der Waals surface area contributed by atoms with Crippen LogP contribution in [0, 0.1) is 5.41 Å². The van der Waals surface area contributed by atoms with Crippen LogP contribution >= 0.6 is 0 Å². The van der Waals surface area contributed by atoms with Gasteiger partial charge in [-0.2, -0.15) is 0 Å². The van der Waals surface area contributed by atoms with Gasteiger partial charge in [0.2, 0.25) is 5.91 Å². The number of rotatable bonds is 8. The van der Waals surface area contributed by atoms with E-state index < -0.39 is 0 Å². The molecule has 4 nitrogen and oxygen atoms in total. The zero-order chi connectivity index (χ0) is 13.3. The first-order valence-corrected chi connectivity index (χ1v) is 7.21. The molecule has 0 radical (unpaired) electrons. The molecule has 0 aromatic heterocycles. The van der Waals surface area contributed by atoms with Crippen LogP contribution in [0.2, 0.25) is 0 Å². The van der Waals surface area contributed by atoms with Crippen molar-refractivity contribution < 1.29 is 9.53 Å². The molecule has 1 heterocycles. The summed E-state index contributed by atoms with van der Waals surface area (Å²) in [4.78, 5) is 11.7. The van der Waals surface area contributed by atoms with E-state index in [1.54, 1.807) is 0 Å². The van der Waals surface area contributed by atoms with Gasteiger partial charge < -0.3 is 15.8 Å². The molecule has 1 rings (SSSR count). The van der Waals surface area contributed by atoms with E-state index in [-0.39, 0.29) is 11.3 Å². The minimum absolute atomic E-state index is 0.190. The summed E-state index contributed by atoms with van der Waals surface area (Å²) in [5.41, 5.74) is 5.66. The summed E-state index contributed by atoms with van der Waals surface area (Å²) >= 11 is 0. The highest BCUT2D eigenvalue weighted by Gasteiger charge is 2.27. The number of unbranched alkanes of at least 4 members (excludes halogenated alkanes) is 3. The molecular formula is C14H28N2O2. The van der Waals surface area contributed by atoms with Crippen molar-refractivity contribution in [3.8, 4) is 0 Å². The molecule has 106 valence electrons. The Morgan fingerprint density at radius 1 is 1.22 bits per heavy atom. The molecule has 1 aliphatic heterocycles. The summed E-state index contributed by atoms with van der Waals surface area (Å²) in [6.07, 6.45) is 7.03. The highest BCUT2D eigenvalue weighted by Crippen LogP contribution is 2.28. The average Bonchev–Trinajstić information content (AvgIpc) is 2.37. The Morgan fingerprint density at radius 2 is 1.89 bits per heavy atom. The first-order valence-electron chi connectivity index (χ1n) is 7.21. The van der Waals surface area contributed by atoms with Gasteiger partial charge >= 0.3 is 0 Å². The Bertz CT molecular complexity index is 238. The van der Waals surface area contributed by atoms with Crippen molar-refractivity contribution >= 4 is 5.91 Å². The molecule has 3 N–H and O–H groups in total. The fourth-order valence-electron chi connectivity index (χ4n) is 2.22. The van der Waals surface area contributed by atoms with E-state index in [9.17, 15) is 4.79 Å². The predicted molar refractivity (Wildman–Crippen MR) is 73.3 cm³/mol. The maximum Gasteiger partial charge on any atom is 0.220 e. The van der Waals surface area contributed by atoms with Gasteiger partial charge in [-0.1, -0.05) is 19.8 Å². The third-order valence-electron chi connectivity index (χ3n) is 3.77. The molecule has 1 amide bonds. The first kappa shape index (κ1) is 15.4. The molecule has 0 spiro atoms. The van der Waals surface area contributed by atoms with Crippen LogP contribution in [0.15, 0.2) is 0 Å². The summed E-state index contributed by atoms with van der Waals surface area (Å²) in [6, 6.07) is 0. The van der Waals surface area contributed by atoms with Crippen LogP contribution in [-0.2, 0) is 9.53 Å². The van der Waals surface area contributed by atoms with E-state index in [1.165, 1.54) is 0 Å². The summed E-state index contributed by atoms with van der Waals surface area (Å²) < 4.78 is 5.35. The Kier molecular flexibility index (Phi) is 7.28. The number of carbonyl (C=O) groups is 1. The van der Waals surface area contributed by atoms with Gasteiger partial charge in [0.05, 0.1) is 0 Å². The van der Waals surface area contributed by atoms with Gasteiger partial charge in [0.15, 0.2) is 0 Å². The van der Waals surface area contributed by atoms with Crippen molar-refractivity contribution in [1.82, 2.24) is 5.32 Å². The summed E-state index contributed by atoms with van der Waals surface area (Å²) in [6.45, 7) is 5.43. The monoisotopic (exact) mass is 256 g/mol. The maximum absolute atomic E-state index is 11.7. The Labute approximate surface area is 111 Å². The van der Waals surface area contributed by atoms with Crippen molar-refractivity contribution in [2.24, 2.45) is 11.1 Å². The highest BCUT2D eigenvalue weighted by atomic mass is 16.5. The van der Waals surface area contributed by atoms with Gasteiger partial charge in [-0.05, 0) is 37.6 Å². The smallest absolute Gasteiger partial charge is 0.220 e. The minimum atomic E-state index is 0.190. The quantitative estimate of drug-likeness (QED) is 0.651. The number of hydrogen-bond donors (Lipinski definition) is 2. The van der Waals surface area contributed by atoms with Crippen molar-refractivity contribution in [2.75, 3.05) is 26.3 Å². The Balaban J connectivity index is 2.05. The van der Waals surface area contributed by atoms with Gasteiger partial charge in [0.25, 0.3) is 0 Å². The van der Waals surface area contributed by atoms with E-state index in [2.05, 4.69) is 12.2 Å². The fraction of sp³-hybridized carbons (Fsp3) is 0.929. The molecule has 0 aliphatic carbocycles. The SMILES string of the molecule is CC1(CNC(=O)CCCCCCN)CCOCC1. The number of carbonyl (C=O) groups excluding carboxylic acids is 1. The van der Waals surface area contributed by atoms with Crippen LogP contribution in [0.4, 0.5) is 0 Å². The van der Waals surface area contributed by atoms with E-state index in [0.29, 0.717) is 6.42 Å². The van der Waals surface area contributed by atoms with Gasteiger partial charge in [0, 0.05) is 26.2 Å². The molecule has 18 heavy (non-hydrogen) atoms. The minimum Gasteiger partial charge on any atom is -0.381 e. The largest absolute Gasteiger partial charge is 0.381 e. The number of amides is 1. The highest BCUT2D eigenvalue weighted by molar-refractivity contribution is 5.75. The van der Waals surface area contributed by atoms with Crippen LogP contribution in [0.25, 0.3) is 0 Å². The molecule has 1 saturated heterocycles. The standard InChI is InChI=1S/C14H28N2O2/c1-14(7-10-18-11-8-14)12-16-13(17)6-4-2-3-5-9-15/h2-12,15H2,1H3,(H,16,17). The molecule has 0 saturated carbocycles. The van der Waals surface area contributed by atoms with Crippen LogP contribution in [0.3, 0.4) is 0 Å². The second kappa shape index (κ2) is 8.48. The molecule has 1 aliphatic rings. The summed E-state index contributed by atoms with van der Waals surface area (Å²) in [5.74, 6) is 0.190. The Hall–Kier alpha value is -0.610. The molecular weight excluding hydrogens is 228 g/mol. The molecule has 1 fully saturated rings. The molecule has 0 atom stereocenters. The lowest BCUT2D eigenvalue weighted by Crippen LogP contribution is -2.39. The predicted octanol–water partition coefficient (Wildman–Crippen LogP) is 1.83. The zero-order valence-corrected chi connectivity index (χ0v) is 11.7. The molecule has 0 aromatic rings. The summed E-state index contributed by atoms with van der Waals surface area (Å²) in [7, 11) is 0. The fourth-order valence-corrected chi connectivity index (χ4v) is 2.22. The van der Waals surface area contributed by atoms with Crippen LogP contribution < -0.4 is 11.1 Å². The van der Waals surface area contributed by atoms with E-state index >= 15 is 0 Å². The van der Waals surface area contributed by atoms with Crippen molar-refractivity contribution in [3.63, 3.8) is 0 Å². The molecule has 0 bridgehead atoms. The second-order valence-corrected chi connectivity index (χ2v) is 5.65. The topological polar surface area (TPSA) is 64.4 Å². The van der Waals surface area contributed by atoms with Crippen LogP contribution in [0.5, 0.6) is 0 Å². The van der Waals surface area contributed by atoms with E-state index in [4.69, 9.17) is 10.5 Å². The third-order valence-corrected chi connectivity index (χ3v) is 3.77. The van der Waals surface area contributed by atoms with E-state index in [1.807, 2.05) is 0 Å². The van der Waals surface area contributed by atoms with Crippen molar-refractivity contribution in [1.29, 1.82) is 0 Å². The Morgan fingerprint density at radius 3 is 2.56 bits per heavy atom. The van der Waals surface area contributed by atoms with Gasteiger partial charge in [-0.15, -0.1) is 0 Å². The van der Waals surface area contributed by atoms with Crippen LogP contribution in [-0.4, -0.2) is 32.2 Å². The second-order valence-electron chi connectivity index (χ2n) is 5.65. The average molecular weight is 256 g/mol. The number of nitrogens with two attached hydrogens (primary N) is 1. The molecule has 4 heteroatoms. The van der Waals surface area contributed by atoms with Gasteiger partial charge in [0.1, 0.15) is 0 Å². The van der Waals surface area contributed by atoms with E-state index in [0.717, 1.165) is 64.8 Å². The number of hydrogen-bond acceptors (Lipinski definition) is 3. The lowest BCUT2D eigenvalue weighted by atomic mass is 9.82. The van der Waals surface area contributed by atoms with Crippen molar-refractivity contribution in [3.05, 3.63) is 0 Å². The van der Waals surface area contributed by atoms with Gasteiger partial charge in [-0.3, -0.25) is 4.79 Å².